The van der Waals surface area contributed by atoms with Gasteiger partial charge in [0.15, 0.2) is 0 Å². The van der Waals surface area contributed by atoms with Crippen molar-refractivity contribution < 1.29 is 4.42 Å². The van der Waals surface area contributed by atoms with Gasteiger partial charge in [-0.15, -0.1) is 0 Å². The number of rotatable bonds is 1. The molecule has 0 radical (unpaired) electrons. The van der Waals surface area contributed by atoms with E-state index in [2.05, 4.69) is 18.8 Å². The zero-order valence-electron chi connectivity index (χ0n) is 7.74. The van der Waals surface area contributed by atoms with E-state index in [1.165, 1.54) is 0 Å². The van der Waals surface area contributed by atoms with Crippen molar-refractivity contribution in [1.29, 1.82) is 0 Å². The van der Waals surface area contributed by atoms with Crippen LogP contribution in [-0.2, 0) is 0 Å². The van der Waals surface area contributed by atoms with Crippen molar-refractivity contribution in [3.8, 4) is 0 Å². The predicted molar refractivity (Wildman–Crippen MR) is 52.5 cm³/mol. The van der Waals surface area contributed by atoms with Crippen LogP contribution in [-0.4, -0.2) is 4.98 Å². The number of furan rings is 1. The van der Waals surface area contributed by atoms with Gasteiger partial charge in [0.25, 0.3) is 0 Å². The van der Waals surface area contributed by atoms with E-state index in [9.17, 15) is 0 Å². The van der Waals surface area contributed by atoms with Crippen LogP contribution >= 0.6 is 0 Å². The fourth-order valence-electron chi connectivity index (χ4n) is 1.25. The summed E-state index contributed by atoms with van der Waals surface area (Å²) < 4.78 is 5.59. The number of fused-ring (bicyclic) bond motifs is 1. The van der Waals surface area contributed by atoms with Gasteiger partial charge in [0, 0.05) is 23.6 Å². The minimum atomic E-state index is 0.397. The second kappa shape index (κ2) is 2.76. The molecule has 68 valence electrons. The monoisotopic (exact) mass is 176 g/mol. The SMILES string of the molecule is CC(C)c1cc2cnc(N)cc2o1. The summed E-state index contributed by atoms with van der Waals surface area (Å²) in [5.74, 6) is 1.87. The molecule has 0 saturated heterocycles. The zero-order valence-corrected chi connectivity index (χ0v) is 7.74. The second-order valence-electron chi connectivity index (χ2n) is 3.45. The van der Waals surface area contributed by atoms with E-state index in [0.29, 0.717) is 11.7 Å². The summed E-state index contributed by atoms with van der Waals surface area (Å²) in [4.78, 5) is 4.00. The van der Waals surface area contributed by atoms with E-state index in [4.69, 9.17) is 10.2 Å². The topological polar surface area (TPSA) is 52.0 Å². The Morgan fingerprint density at radius 1 is 1.38 bits per heavy atom. The van der Waals surface area contributed by atoms with Gasteiger partial charge < -0.3 is 10.2 Å². The van der Waals surface area contributed by atoms with E-state index < -0.39 is 0 Å². The first-order chi connectivity index (χ1) is 6.16. The summed E-state index contributed by atoms with van der Waals surface area (Å²) in [5.41, 5.74) is 6.35. The summed E-state index contributed by atoms with van der Waals surface area (Å²) in [7, 11) is 0. The van der Waals surface area contributed by atoms with Crippen LogP contribution in [0, 0.1) is 0 Å². The minimum Gasteiger partial charge on any atom is -0.461 e. The van der Waals surface area contributed by atoms with Gasteiger partial charge in [-0.1, -0.05) is 13.8 Å². The molecule has 0 spiro atoms. The molecule has 0 saturated carbocycles. The first-order valence-electron chi connectivity index (χ1n) is 4.32. The molecule has 2 N–H and O–H groups in total. The maximum absolute atomic E-state index is 5.59. The Balaban J connectivity index is 2.62. The van der Waals surface area contributed by atoms with Gasteiger partial charge in [-0.2, -0.15) is 0 Å². The maximum Gasteiger partial charge on any atom is 0.139 e. The maximum atomic E-state index is 5.59. The third kappa shape index (κ3) is 1.37. The average Bonchev–Trinajstić information content (AvgIpc) is 2.46. The molecule has 3 heteroatoms. The van der Waals surface area contributed by atoms with E-state index in [1.807, 2.05) is 6.07 Å². The van der Waals surface area contributed by atoms with Crippen molar-refractivity contribution in [3.05, 3.63) is 24.1 Å². The minimum absolute atomic E-state index is 0.397. The standard InChI is InChI=1S/C10H12N2O/c1-6(2)8-3-7-5-12-10(11)4-9(7)13-8/h3-6H,1-2H3,(H2,11,12). The quantitative estimate of drug-likeness (QED) is 0.726. The highest BCUT2D eigenvalue weighted by molar-refractivity contribution is 5.79. The number of anilines is 1. The van der Waals surface area contributed by atoms with Crippen molar-refractivity contribution in [1.82, 2.24) is 4.98 Å². The Labute approximate surface area is 76.6 Å². The van der Waals surface area contributed by atoms with Gasteiger partial charge in [-0.05, 0) is 6.07 Å². The molecule has 0 amide bonds. The Bertz CT molecular complexity index is 431. The molecule has 0 aliphatic carbocycles. The molecule has 2 aromatic heterocycles. The van der Waals surface area contributed by atoms with E-state index >= 15 is 0 Å². The summed E-state index contributed by atoms with van der Waals surface area (Å²) in [6.07, 6.45) is 1.74. The molecular formula is C10H12N2O. The van der Waals surface area contributed by atoms with Crippen LogP contribution < -0.4 is 5.73 Å². The van der Waals surface area contributed by atoms with Crippen molar-refractivity contribution in [2.45, 2.75) is 19.8 Å². The Morgan fingerprint density at radius 3 is 2.85 bits per heavy atom. The molecule has 2 heterocycles. The highest BCUT2D eigenvalue weighted by Gasteiger charge is 2.07. The lowest BCUT2D eigenvalue weighted by molar-refractivity contribution is 0.522. The Hall–Kier alpha value is -1.51. The van der Waals surface area contributed by atoms with E-state index in [-0.39, 0.29) is 0 Å². The van der Waals surface area contributed by atoms with Crippen molar-refractivity contribution in [3.63, 3.8) is 0 Å². The molecular weight excluding hydrogens is 164 g/mol. The van der Waals surface area contributed by atoms with Crippen LogP contribution in [0.3, 0.4) is 0 Å². The van der Waals surface area contributed by atoms with Crippen molar-refractivity contribution in [2.24, 2.45) is 0 Å². The molecule has 0 bridgehead atoms. The number of pyridine rings is 1. The normalized spacial score (nSPS) is 11.3. The smallest absolute Gasteiger partial charge is 0.139 e. The molecule has 0 atom stereocenters. The molecule has 2 aromatic rings. The molecule has 0 aliphatic heterocycles. The molecule has 3 nitrogen and oxygen atoms in total. The van der Waals surface area contributed by atoms with Gasteiger partial charge in [0.05, 0.1) is 0 Å². The lowest BCUT2D eigenvalue weighted by Gasteiger charge is -1.95. The molecule has 0 aliphatic rings. The molecule has 0 fully saturated rings. The van der Waals surface area contributed by atoms with Gasteiger partial charge in [0.1, 0.15) is 17.2 Å². The van der Waals surface area contributed by atoms with E-state index in [1.54, 1.807) is 12.3 Å². The summed E-state index contributed by atoms with van der Waals surface area (Å²) in [6, 6.07) is 3.76. The molecule has 0 unspecified atom stereocenters. The lowest BCUT2D eigenvalue weighted by atomic mass is 10.1. The zero-order chi connectivity index (χ0) is 9.42. The first-order valence-corrected chi connectivity index (χ1v) is 4.32. The van der Waals surface area contributed by atoms with Gasteiger partial charge in [-0.3, -0.25) is 0 Å². The van der Waals surface area contributed by atoms with Crippen molar-refractivity contribution in [2.75, 3.05) is 5.73 Å². The van der Waals surface area contributed by atoms with Gasteiger partial charge in [-0.25, -0.2) is 4.98 Å². The Kier molecular flexibility index (Phi) is 1.72. The fourth-order valence-corrected chi connectivity index (χ4v) is 1.25. The highest BCUT2D eigenvalue weighted by atomic mass is 16.3. The van der Waals surface area contributed by atoms with Crippen LogP contribution in [0.25, 0.3) is 11.0 Å². The molecule has 13 heavy (non-hydrogen) atoms. The van der Waals surface area contributed by atoms with Gasteiger partial charge >= 0.3 is 0 Å². The second-order valence-corrected chi connectivity index (χ2v) is 3.45. The largest absolute Gasteiger partial charge is 0.461 e. The fraction of sp³-hybridized carbons (Fsp3) is 0.300. The molecule has 2 rings (SSSR count). The lowest BCUT2D eigenvalue weighted by Crippen LogP contribution is -1.86. The van der Waals surface area contributed by atoms with Crippen LogP contribution in [0.1, 0.15) is 25.5 Å². The van der Waals surface area contributed by atoms with Crippen LogP contribution in [0.2, 0.25) is 0 Å². The number of nitrogens with two attached hydrogens (primary N) is 1. The third-order valence-electron chi connectivity index (χ3n) is 2.01. The van der Waals surface area contributed by atoms with Crippen LogP contribution in [0.15, 0.2) is 22.7 Å². The van der Waals surface area contributed by atoms with Gasteiger partial charge in [0.2, 0.25) is 0 Å². The predicted octanol–water partition coefficient (Wildman–Crippen LogP) is 2.53. The number of hydrogen-bond donors (Lipinski definition) is 1. The third-order valence-corrected chi connectivity index (χ3v) is 2.01. The number of nitrogen functional groups attached to an aromatic ring is 1. The average molecular weight is 176 g/mol. The highest BCUT2D eigenvalue weighted by Crippen LogP contribution is 2.24. The van der Waals surface area contributed by atoms with E-state index in [0.717, 1.165) is 16.7 Å². The summed E-state index contributed by atoms with van der Waals surface area (Å²) in [5, 5.41) is 1.01. The van der Waals surface area contributed by atoms with Crippen LogP contribution in [0.5, 0.6) is 0 Å². The summed E-state index contributed by atoms with van der Waals surface area (Å²) in [6.45, 7) is 4.18. The number of aromatic nitrogens is 1. The summed E-state index contributed by atoms with van der Waals surface area (Å²) >= 11 is 0. The Morgan fingerprint density at radius 2 is 2.15 bits per heavy atom. The molecule has 0 aromatic carbocycles. The van der Waals surface area contributed by atoms with Crippen LogP contribution in [0.4, 0.5) is 5.82 Å². The van der Waals surface area contributed by atoms with Crippen molar-refractivity contribution >= 4 is 16.8 Å². The number of hydrogen-bond acceptors (Lipinski definition) is 3. The number of nitrogens with zero attached hydrogens (tertiary/aromatic N) is 1. The first kappa shape index (κ1) is 8.10.